The maximum atomic E-state index is 11.9. The van der Waals surface area contributed by atoms with Crippen molar-refractivity contribution in [1.29, 1.82) is 0 Å². The number of nitrogens with one attached hydrogen (secondary N) is 1. The van der Waals surface area contributed by atoms with Crippen LogP contribution in [0.3, 0.4) is 0 Å². The average molecular weight is 368 g/mol. The van der Waals surface area contributed by atoms with Crippen LogP contribution in [0.2, 0.25) is 0 Å². The van der Waals surface area contributed by atoms with Gasteiger partial charge >= 0.3 is 5.97 Å². The SMILES string of the molecule is COC(=O)c1ccc2c(c1)C1CC(C)(O2)N(c2cccc(C)c2)C(=S)N1. The molecule has 26 heavy (non-hydrogen) atoms. The van der Waals surface area contributed by atoms with E-state index in [1.54, 1.807) is 6.07 Å². The topological polar surface area (TPSA) is 50.8 Å². The number of carbonyl (C=O) groups excluding carboxylic acids is 1. The summed E-state index contributed by atoms with van der Waals surface area (Å²) in [6.45, 7) is 4.10. The fourth-order valence-electron chi connectivity index (χ4n) is 3.78. The molecule has 0 amide bonds. The van der Waals surface area contributed by atoms with Gasteiger partial charge in [0.05, 0.1) is 18.7 Å². The minimum atomic E-state index is -0.597. The first-order chi connectivity index (χ1) is 12.4. The van der Waals surface area contributed by atoms with E-state index in [0.717, 1.165) is 22.6 Å². The number of thiocarbonyl (C=S) groups is 1. The van der Waals surface area contributed by atoms with Gasteiger partial charge in [-0.3, -0.25) is 4.90 Å². The third-order valence-corrected chi connectivity index (χ3v) is 5.25. The van der Waals surface area contributed by atoms with Gasteiger partial charge in [-0.15, -0.1) is 0 Å². The first-order valence-corrected chi connectivity index (χ1v) is 8.91. The number of ether oxygens (including phenoxy) is 2. The van der Waals surface area contributed by atoms with Crippen molar-refractivity contribution in [3.63, 3.8) is 0 Å². The quantitative estimate of drug-likeness (QED) is 0.644. The molecule has 4 rings (SSSR count). The Morgan fingerprint density at radius 3 is 2.88 bits per heavy atom. The summed E-state index contributed by atoms with van der Waals surface area (Å²) in [6.07, 6.45) is 0.707. The maximum absolute atomic E-state index is 11.9. The van der Waals surface area contributed by atoms with Crippen molar-refractivity contribution < 1.29 is 14.3 Å². The van der Waals surface area contributed by atoms with Crippen LogP contribution < -0.4 is 15.0 Å². The Kier molecular flexibility index (Phi) is 3.88. The van der Waals surface area contributed by atoms with Crippen LogP contribution in [0.15, 0.2) is 42.5 Å². The van der Waals surface area contributed by atoms with Crippen LogP contribution in [-0.2, 0) is 4.74 Å². The summed E-state index contributed by atoms with van der Waals surface area (Å²) in [4.78, 5) is 13.9. The van der Waals surface area contributed by atoms with Crippen molar-refractivity contribution in [1.82, 2.24) is 5.32 Å². The Morgan fingerprint density at radius 1 is 1.35 bits per heavy atom. The smallest absolute Gasteiger partial charge is 0.337 e. The van der Waals surface area contributed by atoms with E-state index in [-0.39, 0.29) is 12.0 Å². The number of anilines is 1. The molecule has 0 radical (unpaired) electrons. The van der Waals surface area contributed by atoms with Crippen LogP contribution in [0.1, 0.15) is 40.9 Å². The average Bonchev–Trinajstić information content (AvgIpc) is 2.60. The standard InChI is InChI=1S/C20H20N2O3S/c1-12-5-4-6-14(9-12)22-19(26)21-16-11-20(22,2)25-17-8-7-13(10-15(16)17)18(23)24-3/h4-10,16H,11H2,1-3H3,(H,21,26). The molecule has 6 heteroatoms. The molecular formula is C20H20N2O3S. The zero-order valence-corrected chi connectivity index (χ0v) is 15.7. The van der Waals surface area contributed by atoms with Crippen molar-refractivity contribution in [2.24, 2.45) is 0 Å². The van der Waals surface area contributed by atoms with Gasteiger partial charge in [-0.2, -0.15) is 0 Å². The van der Waals surface area contributed by atoms with Gasteiger partial charge < -0.3 is 14.8 Å². The number of fused-ring (bicyclic) bond motifs is 4. The molecule has 2 unspecified atom stereocenters. The van der Waals surface area contributed by atoms with E-state index in [4.69, 9.17) is 21.7 Å². The van der Waals surface area contributed by atoms with E-state index >= 15 is 0 Å². The summed E-state index contributed by atoms with van der Waals surface area (Å²) in [5, 5.41) is 4.02. The second-order valence-corrected chi connectivity index (χ2v) is 7.29. The first-order valence-electron chi connectivity index (χ1n) is 8.50. The Morgan fingerprint density at radius 2 is 2.15 bits per heavy atom. The van der Waals surface area contributed by atoms with Crippen molar-refractivity contribution in [2.45, 2.75) is 32.0 Å². The number of carbonyl (C=O) groups is 1. The lowest BCUT2D eigenvalue weighted by molar-refractivity contribution is 0.0494. The Labute approximate surface area is 157 Å². The van der Waals surface area contributed by atoms with Gasteiger partial charge in [-0.25, -0.2) is 4.79 Å². The zero-order valence-electron chi connectivity index (χ0n) is 14.9. The molecule has 2 aromatic rings. The summed E-state index contributed by atoms with van der Waals surface area (Å²) >= 11 is 5.66. The predicted molar refractivity (Wildman–Crippen MR) is 104 cm³/mol. The van der Waals surface area contributed by atoms with Crippen LogP contribution in [-0.4, -0.2) is 23.9 Å². The van der Waals surface area contributed by atoms with Crippen molar-refractivity contribution >= 4 is 29.0 Å². The number of nitrogens with zero attached hydrogens (tertiary/aromatic N) is 1. The monoisotopic (exact) mass is 368 g/mol. The second kappa shape index (κ2) is 5.99. The molecular weight excluding hydrogens is 348 g/mol. The van der Waals surface area contributed by atoms with Gasteiger partial charge in [-0.05, 0) is 62.0 Å². The minimum absolute atomic E-state index is 0.0121. The van der Waals surface area contributed by atoms with Crippen molar-refractivity contribution in [2.75, 3.05) is 12.0 Å². The Balaban J connectivity index is 1.76. The number of esters is 1. The van der Waals surface area contributed by atoms with Crippen LogP contribution in [0.25, 0.3) is 0 Å². The normalized spacial score (nSPS) is 23.6. The second-order valence-electron chi connectivity index (χ2n) is 6.90. The Bertz CT molecular complexity index is 914. The largest absolute Gasteiger partial charge is 0.467 e. The molecule has 134 valence electrons. The summed E-state index contributed by atoms with van der Waals surface area (Å²) in [5.41, 5.74) is 3.00. The molecule has 2 bridgehead atoms. The van der Waals surface area contributed by atoms with Gasteiger partial charge in [0.15, 0.2) is 10.8 Å². The number of aryl methyl sites for hydroxylation is 1. The molecule has 2 aromatic carbocycles. The summed E-state index contributed by atoms with van der Waals surface area (Å²) in [7, 11) is 1.38. The minimum Gasteiger partial charge on any atom is -0.467 e. The highest BCUT2D eigenvalue weighted by Crippen LogP contribution is 2.45. The molecule has 2 atom stereocenters. The highest BCUT2D eigenvalue weighted by atomic mass is 32.1. The van der Waals surface area contributed by atoms with E-state index in [0.29, 0.717) is 17.1 Å². The van der Waals surface area contributed by atoms with E-state index in [1.807, 2.05) is 36.1 Å². The third-order valence-electron chi connectivity index (χ3n) is 4.95. The van der Waals surface area contributed by atoms with Crippen LogP contribution in [0.5, 0.6) is 5.75 Å². The number of hydrogen-bond donors (Lipinski definition) is 1. The summed E-state index contributed by atoms with van der Waals surface area (Å²) in [6, 6.07) is 13.6. The van der Waals surface area contributed by atoms with Gasteiger partial charge in [0.25, 0.3) is 0 Å². The zero-order chi connectivity index (χ0) is 18.5. The molecule has 2 aliphatic rings. The Hall–Kier alpha value is -2.60. The summed E-state index contributed by atoms with van der Waals surface area (Å²) < 4.78 is 11.2. The lowest BCUT2D eigenvalue weighted by atomic mass is 9.89. The van der Waals surface area contributed by atoms with Crippen LogP contribution >= 0.6 is 12.2 Å². The molecule has 0 spiro atoms. The van der Waals surface area contributed by atoms with E-state index in [1.165, 1.54) is 7.11 Å². The summed E-state index contributed by atoms with van der Waals surface area (Å²) in [5.74, 6) is 0.393. The molecule has 1 N–H and O–H groups in total. The van der Waals surface area contributed by atoms with Crippen molar-refractivity contribution in [3.8, 4) is 5.75 Å². The number of benzene rings is 2. The van der Waals surface area contributed by atoms with Crippen LogP contribution in [0.4, 0.5) is 5.69 Å². The van der Waals surface area contributed by atoms with Gasteiger partial charge in [0, 0.05) is 17.7 Å². The lowest BCUT2D eigenvalue weighted by Gasteiger charge is -2.52. The van der Waals surface area contributed by atoms with Crippen molar-refractivity contribution in [3.05, 3.63) is 59.2 Å². The number of hydrogen-bond acceptors (Lipinski definition) is 4. The molecule has 0 aromatic heterocycles. The maximum Gasteiger partial charge on any atom is 0.337 e. The molecule has 0 saturated carbocycles. The number of methoxy groups -OCH3 is 1. The molecule has 2 heterocycles. The van der Waals surface area contributed by atoms with Crippen LogP contribution in [0, 0.1) is 6.92 Å². The fraction of sp³-hybridized carbons (Fsp3) is 0.300. The molecule has 2 aliphatic heterocycles. The van der Waals surface area contributed by atoms with Gasteiger partial charge in [0.1, 0.15) is 5.75 Å². The van der Waals surface area contributed by atoms with Gasteiger partial charge in [0.2, 0.25) is 0 Å². The highest BCUT2D eigenvalue weighted by molar-refractivity contribution is 7.80. The molecule has 0 aliphatic carbocycles. The van der Waals surface area contributed by atoms with E-state index < -0.39 is 5.72 Å². The number of rotatable bonds is 2. The van der Waals surface area contributed by atoms with Gasteiger partial charge in [-0.1, -0.05) is 12.1 Å². The lowest BCUT2D eigenvalue weighted by Crippen LogP contribution is -2.65. The molecule has 1 saturated heterocycles. The highest BCUT2D eigenvalue weighted by Gasteiger charge is 2.48. The third kappa shape index (κ3) is 2.61. The fourth-order valence-corrected chi connectivity index (χ4v) is 4.22. The molecule has 1 fully saturated rings. The predicted octanol–water partition coefficient (Wildman–Crippen LogP) is 3.72. The van der Waals surface area contributed by atoms with E-state index in [2.05, 4.69) is 24.4 Å². The van der Waals surface area contributed by atoms with E-state index in [9.17, 15) is 4.79 Å². The first kappa shape index (κ1) is 16.8. The molecule has 5 nitrogen and oxygen atoms in total.